The third-order valence-corrected chi connectivity index (χ3v) is 2.84. The molecule has 0 saturated carbocycles. The number of carboxylic acid groups (broad SMARTS) is 1. The molecular weight excluding hydrogens is 244 g/mol. The lowest BCUT2D eigenvalue weighted by Gasteiger charge is -2.07. The molecule has 1 aliphatic rings. The molecule has 0 aliphatic carbocycles. The van der Waals surface area contributed by atoms with Crippen LogP contribution in [0.2, 0.25) is 0 Å². The topological polar surface area (TPSA) is 55.8 Å². The smallest absolute Gasteiger partial charge is 0.303 e. The van der Waals surface area contributed by atoms with E-state index in [1.807, 2.05) is 30.4 Å². The van der Waals surface area contributed by atoms with Gasteiger partial charge in [-0.3, -0.25) is 4.79 Å². The minimum atomic E-state index is -0.746. The Kier molecular flexibility index (Phi) is 4.84. The highest BCUT2D eigenvalue weighted by Crippen LogP contribution is 2.30. The van der Waals surface area contributed by atoms with Gasteiger partial charge >= 0.3 is 5.97 Å². The van der Waals surface area contributed by atoms with E-state index >= 15 is 0 Å². The second-order valence-electron chi connectivity index (χ2n) is 4.44. The Morgan fingerprint density at radius 1 is 1.26 bits per heavy atom. The van der Waals surface area contributed by atoms with Crippen molar-refractivity contribution in [3.8, 4) is 11.5 Å². The zero-order valence-electron chi connectivity index (χ0n) is 10.8. The van der Waals surface area contributed by atoms with Crippen molar-refractivity contribution in [2.24, 2.45) is 0 Å². The number of ether oxygens (including phenoxy) is 2. The van der Waals surface area contributed by atoms with E-state index in [0.29, 0.717) is 19.6 Å². The van der Waals surface area contributed by atoms with E-state index in [4.69, 9.17) is 14.6 Å². The summed E-state index contributed by atoms with van der Waals surface area (Å²) in [5, 5.41) is 8.53. The summed E-state index contributed by atoms with van der Waals surface area (Å²) in [6.45, 7) is 1.37. The largest absolute Gasteiger partial charge is 0.490 e. The predicted octanol–water partition coefficient (Wildman–Crippen LogP) is 3.12. The summed E-state index contributed by atoms with van der Waals surface area (Å²) in [5.41, 5.74) is 1.04. The summed E-state index contributed by atoms with van der Waals surface area (Å²) < 4.78 is 11.2. The minimum absolute atomic E-state index is 0.214. The summed E-state index contributed by atoms with van der Waals surface area (Å²) in [5.74, 6) is 0.828. The van der Waals surface area contributed by atoms with E-state index in [9.17, 15) is 4.79 Å². The number of carboxylic acids is 1. The van der Waals surface area contributed by atoms with Crippen LogP contribution in [0.4, 0.5) is 0 Å². The van der Waals surface area contributed by atoms with Crippen LogP contribution in [-0.4, -0.2) is 24.3 Å². The molecular formula is C15H18O4. The molecule has 0 bridgehead atoms. The van der Waals surface area contributed by atoms with Crippen LogP contribution in [-0.2, 0) is 4.79 Å². The molecule has 4 heteroatoms. The summed E-state index contributed by atoms with van der Waals surface area (Å²) in [4.78, 5) is 10.4. The maximum absolute atomic E-state index is 10.4. The third-order valence-electron chi connectivity index (χ3n) is 2.84. The van der Waals surface area contributed by atoms with Crippen LogP contribution >= 0.6 is 0 Å². The second-order valence-corrected chi connectivity index (χ2v) is 4.44. The zero-order valence-corrected chi connectivity index (χ0v) is 10.8. The van der Waals surface area contributed by atoms with E-state index in [2.05, 4.69) is 0 Å². The number of hydrogen-bond acceptors (Lipinski definition) is 3. The monoisotopic (exact) mass is 262 g/mol. The van der Waals surface area contributed by atoms with E-state index in [-0.39, 0.29) is 6.42 Å². The van der Waals surface area contributed by atoms with E-state index in [1.54, 1.807) is 0 Å². The van der Waals surface area contributed by atoms with Crippen LogP contribution in [0.1, 0.15) is 31.2 Å². The highest BCUT2D eigenvalue weighted by atomic mass is 16.5. The highest BCUT2D eigenvalue weighted by Gasteiger charge is 2.09. The number of hydrogen-bond donors (Lipinski definition) is 1. The molecule has 0 spiro atoms. The van der Waals surface area contributed by atoms with Crippen molar-refractivity contribution in [2.75, 3.05) is 13.2 Å². The van der Waals surface area contributed by atoms with Crippen LogP contribution in [0.15, 0.2) is 24.3 Å². The number of carbonyl (C=O) groups is 1. The van der Waals surface area contributed by atoms with Gasteiger partial charge in [0.1, 0.15) is 0 Å². The average Bonchev–Trinajstić information content (AvgIpc) is 2.62. The summed E-state index contributed by atoms with van der Waals surface area (Å²) in [6.07, 6.45) is 6.51. The second kappa shape index (κ2) is 6.83. The lowest BCUT2D eigenvalue weighted by atomic mass is 10.1. The van der Waals surface area contributed by atoms with Gasteiger partial charge in [0.15, 0.2) is 11.5 Å². The maximum atomic E-state index is 10.4. The van der Waals surface area contributed by atoms with Gasteiger partial charge in [-0.05, 0) is 30.5 Å². The van der Waals surface area contributed by atoms with Crippen LogP contribution in [0.5, 0.6) is 11.5 Å². The summed E-state index contributed by atoms with van der Waals surface area (Å²) in [6, 6.07) is 5.84. The molecule has 1 aromatic rings. The number of fused-ring (bicyclic) bond motifs is 1. The van der Waals surface area contributed by atoms with E-state index in [1.165, 1.54) is 0 Å². The normalized spacial score (nSPS) is 14.3. The van der Waals surface area contributed by atoms with Crippen molar-refractivity contribution in [3.63, 3.8) is 0 Å². The Morgan fingerprint density at radius 2 is 2.05 bits per heavy atom. The number of benzene rings is 1. The molecule has 19 heavy (non-hydrogen) atoms. The van der Waals surface area contributed by atoms with Gasteiger partial charge in [0.25, 0.3) is 0 Å². The standard InChI is InChI=1S/C15H18O4/c16-15(17)6-3-1-2-5-12-7-8-13-14(11-12)19-10-4-9-18-13/h2,5,7-8,11H,1,3-4,6,9-10H2,(H,16,17)/b5-2+. The fourth-order valence-electron chi connectivity index (χ4n) is 1.87. The first kappa shape index (κ1) is 13.5. The lowest BCUT2D eigenvalue weighted by Crippen LogP contribution is -1.97. The molecule has 1 N–H and O–H groups in total. The first-order valence-corrected chi connectivity index (χ1v) is 6.54. The molecule has 0 fully saturated rings. The molecule has 4 nitrogen and oxygen atoms in total. The summed E-state index contributed by atoms with van der Waals surface area (Å²) >= 11 is 0. The molecule has 0 atom stereocenters. The van der Waals surface area contributed by atoms with Gasteiger partial charge in [0.2, 0.25) is 0 Å². The predicted molar refractivity (Wildman–Crippen MR) is 72.6 cm³/mol. The van der Waals surface area contributed by atoms with E-state index < -0.39 is 5.97 Å². The Hall–Kier alpha value is -1.97. The van der Waals surface area contributed by atoms with Gasteiger partial charge < -0.3 is 14.6 Å². The van der Waals surface area contributed by atoms with Gasteiger partial charge in [-0.1, -0.05) is 18.2 Å². The molecule has 0 saturated heterocycles. The molecule has 0 amide bonds. The quantitative estimate of drug-likeness (QED) is 0.828. The molecule has 0 unspecified atom stereocenters. The minimum Gasteiger partial charge on any atom is -0.490 e. The third kappa shape index (κ3) is 4.32. The fraction of sp³-hybridized carbons (Fsp3) is 0.400. The van der Waals surface area contributed by atoms with Gasteiger partial charge in [0, 0.05) is 12.8 Å². The van der Waals surface area contributed by atoms with Crippen molar-refractivity contribution in [1.29, 1.82) is 0 Å². The maximum Gasteiger partial charge on any atom is 0.303 e. The van der Waals surface area contributed by atoms with Crippen molar-refractivity contribution in [3.05, 3.63) is 29.8 Å². The Bertz CT molecular complexity index is 465. The van der Waals surface area contributed by atoms with Crippen molar-refractivity contribution >= 4 is 12.0 Å². The van der Waals surface area contributed by atoms with Crippen LogP contribution < -0.4 is 9.47 Å². The molecule has 1 heterocycles. The van der Waals surface area contributed by atoms with Gasteiger partial charge in [-0.2, -0.15) is 0 Å². The SMILES string of the molecule is O=C(O)CCC/C=C/c1ccc2c(c1)OCCCO2. The number of aliphatic carboxylic acids is 1. The molecule has 2 rings (SSSR count). The first-order valence-electron chi connectivity index (χ1n) is 6.54. The van der Waals surface area contributed by atoms with E-state index in [0.717, 1.165) is 29.9 Å². The van der Waals surface area contributed by atoms with Crippen molar-refractivity contribution < 1.29 is 19.4 Å². The zero-order chi connectivity index (χ0) is 13.5. The van der Waals surface area contributed by atoms with Crippen LogP contribution in [0.3, 0.4) is 0 Å². The molecule has 1 aromatic carbocycles. The Morgan fingerprint density at radius 3 is 2.84 bits per heavy atom. The van der Waals surface area contributed by atoms with Crippen molar-refractivity contribution in [2.45, 2.75) is 25.7 Å². The number of allylic oxidation sites excluding steroid dienone is 1. The summed E-state index contributed by atoms with van der Waals surface area (Å²) in [7, 11) is 0. The van der Waals surface area contributed by atoms with Crippen molar-refractivity contribution in [1.82, 2.24) is 0 Å². The van der Waals surface area contributed by atoms with Gasteiger partial charge in [-0.15, -0.1) is 0 Å². The van der Waals surface area contributed by atoms with Gasteiger partial charge in [-0.25, -0.2) is 0 Å². The molecule has 102 valence electrons. The Labute approximate surface area is 112 Å². The first-order chi connectivity index (χ1) is 9.25. The molecule has 0 aromatic heterocycles. The molecule has 1 aliphatic heterocycles. The Balaban J connectivity index is 1.92. The average molecular weight is 262 g/mol. The van der Waals surface area contributed by atoms with Gasteiger partial charge in [0.05, 0.1) is 13.2 Å². The van der Waals surface area contributed by atoms with Crippen LogP contribution in [0.25, 0.3) is 6.08 Å². The fourth-order valence-corrected chi connectivity index (χ4v) is 1.87. The number of rotatable bonds is 5. The van der Waals surface area contributed by atoms with Crippen LogP contribution in [0, 0.1) is 0 Å². The lowest BCUT2D eigenvalue weighted by molar-refractivity contribution is -0.137. The molecule has 0 radical (unpaired) electrons. The highest BCUT2D eigenvalue weighted by molar-refractivity contribution is 5.66. The number of unbranched alkanes of at least 4 members (excludes halogenated alkanes) is 1.